The minimum atomic E-state index is 0.515. The Kier molecular flexibility index (Phi) is 3.49. The van der Waals surface area contributed by atoms with Gasteiger partial charge >= 0.3 is 0 Å². The van der Waals surface area contributed by atoms with Gasteiger partial charge in [-0.2, -0.15) is 0 Å². The molecule has 27 heavy (non-hydrogen) atoms. The van der Waals surface area contributed by atoms with Gasteiger partial charge in [-0.15, -0.1) is 0 Å². The van der Waals surface area contributed by atoms with Crippen LogP contribution in [0.15, 0.2) is 48.0 Å². The smallest absolute Gasteiger partial charge is 0.00391 e. The highest BCUT2D eigenvalue weighted by atomic mass is 14.6. The van der Waals surface area contributed by atoms with Gasteiger partial charge in [0.25, 0.3) is 0 Å². The Balaban J connectivity index is 1.35. The van der Waals surface area contributed by atoms with Crippen molar-refractivity contribution in [3.63, 3.8) is 0 Å². The molecule has 0 heterocycles. The molecule has 0 radical (unpaired) electrons. The molecule has 5 aliphatic rings. The molecule has 4 fully saturated rings. The highest BCUT2D eigenvalue weighted by Gasteiger charge is 2.51. The largest absolute Gasteiger partial charge is 0.0655 e. The van der Waals surface area contributed by atoms with Crippen LogP contribution in [-0.2, 0) is 11.8 Å². The third-order valence-electron chi connectivity index (χ3n) is 8.26. The van der Waals surface area contributed by atoms with Gasteiger partial charge in [0.15, 0.2) is 0 Å². The standard InChI is InChI=1S/C27H30/c1-2-18-13-23-4-3-5-25(26(23)14-18)22-6-8-24(9-7-22)27-15-19-10-20(16-27)12-21(11-19)17-27/h3-9,14,19-21H,2,10-13,15-17H2,1H3. The first-order valence-electron chi connectivity index (χ1n) is 11.1. The monoisotopic (exact) mass is 354 g/mol. The summed E-state index contributed by atoms with van der Waals surface area (Å²) in [5.74, 6) is 3.06. The van der Waals surface area contributed by atoms with Gasteiger partial charge in [-0.05, 0) is 102 Å². The molecular weight excluding hydrogens is 324 g/mol. The van der Waals surface area contributed by atoms with E-state index in [9.17, 15) is 0 Å². The van der Waals surface area contributed by atoms with Crippen molar-refractivity contribution in [2.75, 3.05) is 0 Å². The van der Waals surface area contributed by atoms with Crippen LogP contribution in [0.2, 0.25) is 0 Å². The van der Waals surface area contributed by atoms with Gasteiger partial charge in [0, 0.05) is 0 Å². The maximum Gasteiger partial charge on any atom is -0.00391 e. The van der Waals surface area contributed by atoms with E-state index in [0.717, 1.165) is 24.2 Å². The lowest BCUT2D eigenvalue weighted by Crippen LogP contribution is -2.48. The van der Waals surface area contributed by atoms with Crippen molar-refractivity contribution < 1.29 is 0 Å². The van der Waals surface area contributed by atoms with E-state index in [2.05, 4.69) is 55.5 Å². The van der Waals surface area contributed by atoms with E-state index < -0.39 is 0 Å². The van der Waals surface area contributed by atoms with Gasteiger partial charge in [0.1, 0.15) is 0 Å². The lowest BCUT2D eigenvalue weighted by Gasteiger charge is -2.57. The predicted octanol–water partition coefficient (Wildman–Crippen LogP) is 7.17. The number of hydrogen-bond donors (Lipinski definition) is 0. The summed E-state index contributed by atoms with van der Waals surface area (Å²) >= 11 is 0. The zero-order valence-corrected chi connectivity index (χ0v) is 16.5. The Morgan fingerprint density at radius 1 is 0.852 bits per heavy atom. The van der Waals surface area contributed by atoms with E-state index in [0.29, 0.717) is 5.41 Å². The number of allylic oxidation sites excluding steroid dienone is 1. The van der Waals surface area contributed by atoms with Crippen LogP contribution in [0.3, 0.4) is 0 Å². The molecule has 4 bridgehead atoms. The summed E-state index contributed by atoms with van der Waals surface area (Å²) in [4.78, 5) is 0. The fourth-order valence-corrected chi connectivity index (χ4v) is 7.38. The zero-order chi connectivity index (χ0) is 18.0. The van der Waals surface area contributed by atoms with Gasteiger partial charge < -0.3 is 0 Å². The number of benzene rings is 2. The van der Waals surface area contributed by atoms with E-state index in [1.54, 1.807) is 11.1 Å². The SMILES string of the molecule is CCC1=Cc2c(cccc2-c2ccc(C34CC5CC(CC(C5)C3)C4)cc2)C1. The molecule has 2 aromatic carbocycles. The van der Waals surface area contributed by atoms with Crippen molar-refractivity contribution in [2.45, 2.75) is 63.7 Å². The average molecular weight is 355 g/mol. The second kappa shape index (κ2) is 5.84. The van der Waals surface area contributed by atoms with Gasteiger partial charge in [0.2, 0.25) is 0 Å². The summed E-state index contributed by atoms with van der Waals surface area (Å²) in [5, 5.41) is 0. The van der Waals surface area contributed by atoms with E-state index in [1.165, 1.54) is 67.2 Å². The van der Waals surface area contributed by atoms with E-state index in [1.807, 2.05) is 0 Å². The number of fused-ring (bicyclic) bond motifs is 1. The normalized spacial score (nSPS) is 33.2. The third kappa shape index (κ3) is 2.49. The quantitative estimate of drug-likeness (QED) is 0.548. The molecule has 0 N–H and O–H groups in total. The summed E-state index contributed by atoms with van der Waals surface area (Å²) in [6, 6.07) is 16.7. The molecule has 0 aromatic heterocycles. The van der Waals surface area contributed by atoms with Crippen LogP contribution >= 0.6 is 0 Å². The van der Waals surface area contributed by atoms with E-state index in [-0.39, 0.29) is 0 Å². The molecule has 0 unspecified atom stereocenters. The summed E-state index contributed by atoms with van der Waals surface area (Å²) in [6.07, 6.45) is 13.7. The second-order valence-corrected chi connectivity index (χ2v) is 9.99. The van der Waals surface area contributed by atoms with Crippen molar-refractivity contribution >= 4 is 6.08 Å². The predicted molar refractivity (Wildman–Crippen MR) is 114 cm³/mol. The Labute approximate surface area is 163 Å². The fourth-order valence-electron chi connectivity index (χ4n) is 7.38. The molecule has 138 valence electrons. The summed E-state index contributed by atoms with van der Waals surface area (Å²) < 4.78 is 0. The van der Waals surface area contributed by atoms with Crippen LogP contribution in [-0.4, -0.2) is 0 Å². The van der Waals surface area contributed by atoms with Crippen LogP contribution < -0.4 is 0 Å². The van der Waals surface area contributed by atoms with Gasteiger partial charge in [-0.25, -0.2) is 0 Å². The minimum Gasteiger partial charge on any atom is -0.0655 e. The average Bonchev–Trinajstić information content (AvgIpc) is 3.10. The van der Waals surface area contributed by atoms with Crippen LogP contribution in [0, 0.1) is 17.8 Å². The molecule has 7 rings (SSSR count). The highest BCUT2D eigenvalue weighted by molar-refractivity contribution is 5.80. The first-order chi connectivity index (χ1) is 13.2. The Morgan fingerprint density at radius 3 is 2.15 bits per heavy atom. The second-order valence-electron chi connectivity index (χ2n) is 9.99. The summed E-state index contributed by atoms with van der Waals surface area (Å²) in [6.45, 7) is 2.28. The lowest BCUT2D eigenvalue weighted by atomic mass is 9.48. The van der Waals surface area contributed by atoms with Gasteiger partial charge in [0.05, 0.1) is 0 Å². The molecule has 0 atom stereocenters. The van der Waals surface area contributed by atoms with Gasteiger partial charge in [-0.1, -0.05) is 61.0 Å². The molecule has 0 heteroatoms. The van der Waals surface area contributed by atoms with Crippen LogP contribution in [0.4, 0.5) is 0 Å². The molecule has 0 nitrogen and oxygen atoms in total. The molecule has 0 spiro atoms. The van der Waals surface area contributed by atoms with Crippen molar-refractivity contribution in [1.29, 1.82) is 0 Å². The van der Waals surface area contributed by atoms with Gasteiger partial charge in [-0.3, -0.25) is 0 Å². The van der Waals surface area contributed by atoms with Crippen LogP contribution in [0.5, 0.6) is 0 Å². The Bertz CT molecular complexity index is 876. The highest BCUT2D eigenvalue weighted by Crippen LogP contribution is 2.60. The molecular formula is C27H30. The topological polar surface area (TPSA) is 0 Å². The Hall–Kier alpha value is -1.82. The number of hydrogen-bond acceptors (Lipinski definition) is 0. The van der Waals surface area contributed by atoms with Crippen molar-refractivity contribution in [1.82, 2.24) is 0 Å². The molecule has 0 amide bonds. The zero-order valence-electron chi connectivity index (χ0n) is 16.5. The summed E-state index contributed by atoms with van der Waals surface area (Å²) in [7, 11) is 0. The third-order valence-corrected chi connectivity index (χ3v) is 8.26. The van der Waals surface area contributed by atoms with E-state index in [4.69, 9.17) is 0 Å². The molecule has 5 aliphatic carbocycles. The van der Waals surface area contributed by atoms with Crippen molar-refractivity contribution in [2.24, 2.45) is 17.8 Å². The fraction of sp³-hybridized carbons (Fsp3) is 0.481. The summed E-state index contributed by atoms with van der Waals surface area (Å²) in [5.41, 5.74) is 9.53. The molecule has 0 aliphatic heterocycles. The lowest BCUT2D eigenvalue weighted by molar-refractivity contribution is -0.00518. The van der Waals surface area contributed by atoms with E-state index >= 15 is 0 Å². The maximum atomic E-state index is 2.49. The molecule has 2 aromatic rings. The first-order valence-corrected chi connectivity index (χ1v) is 11.1. The maximum absolute atomic E-state index is 2.49. The molecule has 4 saturated carbocycles. The van der Waals surface area contributed by atoms with Crippen molar-refractivity contribution in [3.05, 3.63) is 64.7 Å². The van der Waals surface area contributed by atoms with Crippen LogP contribution in [0.1, 0.15) is 68.6 Å². The minimum absolute atomic E-state index is 0.515. The Morgan fingerprint density at radius 2 is 1.52 bits per heavy atom. The van der Waals surface area contributed by atoms with Crippen LogP contribution in [0.25, 0.3) is 17.2 Å². The number of rotatable bonds is 3. The first kappa shape index (κ1) is 16.2. The molecule has 0 saturated heterocycles. The van der Waals surface area contributed by atoms with Crippen molar-refractivity contribution in [3.8, 4) is 11.1 Å².